The molecule has 3 aromatic rings. The van der Waals surface area contributed by atoms with Crippen molar-refractivity contribution in [3.05, 3.63) is 94.5 Å². The van der Waals surface area contributed by atoms with Crippen LogP contribution in [0.15, 0.2) is 66.7 Å². The highest BCUT2D eigenvalue weighted by Gasteiger charge is 2.13. The molecule has 2 bridgehead atoms. The Labute approximate surface area is 215 Å². The monoisotopic (exact) mass is 486 g/mol. The lowest BCUT2D eigenvalue weighted by molar-refractivity contribution is 0.0950. The Balaban J connectivity index is 1.52. The molecule has 0 radical (unpaired) electrons. The van der Waals surface area contributed by atoms with Crippen molar-refractivity contribution in [1.29, 1.82) is 0 Å². The first kappa shape index (κ1) is 25.8. The van der Waals surface area contributed by atoms with Gasteiger partial charge in [-0.15, -0.1) is 0 Å². The highest BCUT2D eigenvalue weighted by Crippen LogP contribution is 2.25. The van der Waals surface area contributed by atoms with Gasteiger partial charge in [0.05, 0.1) is 13.7 Å². The van der Waals surface area contributed by atoms with Crippen molar-refractivity contribution >= 4 is 5.91 Å². The number of amides is 1. The molecule has 190 valence electrons. The van der Waals surface area contributed by atoms with Gasteiger partial charge in [-0.25, -0.2) is 0 Å². The van der Waals surface area contributed by atoms with Gasteiger partial charge in [0.1, 0.15) is 11.5 Å². The van der Waals surface area contributed by atoms with Gasteiger partial charge in [0, 0.05) is 25.1 Å². The zero-order valence-corrected chi connectivity index (χ0v) is 21.6. The molecule has 1 heterocycles. The van der Waals surface area contributed by atoms with Crippen LogP contribution in [0.4, 0.5) is 0 Å². The van der Waals surface area contributed by atoms with Crippen LogP contribution in [0.5, 0.6) is 11.5 Å². The van der Waals surface area contributed by atoms with Crippen molar-refractivity contribution in [2.45, 2.75) is 52.1 Å². The van der Waals surface area contributed by atoms with Gasteiger partial charge < -0.3 is 14.8 Å². The van der Waals surface area contributed by atoms with E-state index in [0.29, 0.717) is 18.7 Å². The van der Waals surface area contributed by atoms with E-state index in [9.17, 15) is 4.79 Å². The molecule has 0 saturated carbocycles. The summed E-state index contributed by atoms with van der Waals surface area (Å²) in [7, 11) is 1.65. The van der Waals surface area contributed by atoms with Gasteiger partial charge in [-0.3, -0.25) is 9.69 Å². The quantitative estimate of drug-likeness (QED) is 0.465. The van der Waals surface area contributed by atoms with Gasteiger partial charge in [0.15, 0.2) is 0 Å². The van der Waals surface area contributed by atoms with Gasteiger partial charge in [0.2, 0.25) is 0 Å². The number of nitrogens with one attached hydrogen (secondary N) is 1. The lowest BCUT2D eigenvalue weighted by Crippen LogP contribution is -2.25. The van der Waals surface area contributed by atoms with Crippen LogP contribution in [0.1, 0.15) is 65.2 Å². The third kappa shape index (κ3) is 7.34. The van der Waals surface area contributed by atoms with Crippen LogP contribution in [-0.2, 0) is 19.5 Å². The summed E-state index contributed by atoms with van der Waals surface area (Å²) in [6.45, 7) is 6.65. The second-order valence-electron chi connectivity index (χ2n) is 9.54. The average Bonchev–Trinajstić information content (AvgIpc) is 2.90. The molecule has 5 heteroatoms. The second kappa shape index (κ2) is 13.1. The standard InChI is InChI=1S/C31H38N2O3/c1-3-16-33-17-5-4-6-18-36-30-15-12-27(21-28(30)20-25-8-7-9-26(19-25)23-33)31(34)32-22-24-10-13-29(35-2)14-11-24/h7-15,19,21H,3-6,16-18,20,22-23H2,1-2H3,(H,32,34). The van der Waals surface area contributed by atoms with Crippen LogP contribution in [0.3, 0.4) is 0 Å². The summed E-state index contributed by atoms with van der Waals surface area (Å²) in [5.74, 6) is 1.59. The number of rotatable bonds is 6. The van der Waals surface area contributed by atoms with Crippen LogP contribution >= 0.6 is 0 Å². The fourth-order valence-electron chi connectivity index (χ4n) is 4.73. The summed E-state index contributed by atoms with van der Waals surface area (Å²) in [6, 6.07) is 22.4. The van der Waals surface area contributed by atoms with Crippen LogP contribution in [-0.4, -0.2) is 37.6 Å². The Hall–Kier alpha value is -3.31. The number of methoxy groups -OCH3 is 1. The summed E-state index contributed by atoms with van der Waals surface area (Å²) in [4.78, 5) is 15.5. The Morgan fingerprint density at radius 1 is 1.00 bits per heavy atom. The molecule has 5 nitrogen and oxygen atoms in total. The zero-order valence-electron chi connectivity index (χ0n) is 21.6. The van der Waals surface area contributed by atoms with Gasteiger partial charge in [-0.05, 0) is 91.4 Å². The van der Waals surface area contributed by atoms with Crippen LogP contribution in [0.2, 0.25) is 0 Å². The minimum absolute atomic E-state index is 0.0861. The van der Waals surface area contributed by atoms with E-state index in [1.54, 1.807) is 7.11 Å². The first-order chi connectivity index (χ1) is 17.6. The largest absolute Gasteiger partial charge is 0.497 e. The maximum absolute atomic E-state index is 13.0. The first-order valence-electron chi connectivity index (χ1n) is 13.1. The minimum Gasteiger partial charge on any atom is -0.497 e. The van der Waals surface area contributed by atoms with E-state index in [-0.39, 0.29) is 5.91 Å². The average molecular weight is 487 g/mol. The molecule has 1 aliphatic rings. The molecule has 1 aliphatic heterocycles. The third-order valence-electron chi connectivity index (χ3n) is 6.64. The van der Waals surface area contributed by atoms with Crippen molar-refractivity contribution in [3.8, 4) is 11.5 Å². The number of carbonyl (C=O) groups excluding carboxylic acids is 1. The van der Waals surface area contributed by atoms with Crippen molar-refractivity contribution < 1.29 is 14.3 Å². The molecule has 0 aromatic heterocycles. The molecular weight excluding hydrogens is 448 g/mol. The molecular formula is C31H38N2O3. The fourth-order valence-corrected chi connectivity index (χ4v) is 4.73. The summed E-state index contributed by atoms with van der Waals surface area (Å²) in [5.41, 5.74) is 5.30. The van der Waals surface area contributed by atoms with Crippen molar-refractivity contribution in [2.24, 2.45) is 0 Å². The summed E-state index contributed by atoms with van der Waals surface area (Å²) >= 11 is 0. The third-order valence-corrected chi connectivity index (χ3v) is 6.64. The number of benzene rings is 3. The Morgan fingerprint density at radius 2 is 1.83 bits per heavy atom. The summed E-state index contributed by atoms with van der Waals surface area (Å²) in [5, 5.41) is 3.04. The molecule has 0 saturated heterocycles. The van der Waals surface area contributed by atoms with Crippen molar-refractivity contribution in [2.75, 3.05) is 26.8 Å². The lowest BCUT2D eigenvalue weighted by Gasteiger charge is -2.22. The topological polar surface area (TPSA) is 50.8 Å². The maximum atomic E-state index is 13.0. The van der Waals surface area contributed by atoms with E-state index >= 15 is 0 Å². The number of carbonyl (C=O) groups is 1. The summed E-state index contributed by atoms with van der Waals surface area (Å²) < 4.78 is 11.4. The van der Waals surface area contributed by atoms with Gasteiger partial charge in [-0.1, -0.05) is 43.3 Å². The van der Waals surface area contributed by atoms with E-state index in [2.05, 4.69) is 41.4 Å². The Morgan fingerprint density at radius 3 is 2.64 bits per heavy atom. The van der Waals surface area contributed by atoms with E-state index < -0.39 is 0 Å². The fraction of sp³-hybridized carbons (Fsp3) is 0.387. The first-order valence-corrected chi connectivity index (χ1v) is 13.1. The van der Waals surface area contributed by atoms with E-state index in [1.807, 2.05) is 42.5 Å². The van der Waals surface area contributed by atoms with Crippen LogP contribution in [0, 0.1) is 0 Å². The highest BCUT2D eigenvalue weighted by atomic mass is 16.5. The van der Waals surface area contributed by atoms with Gasteiger partial charge >= 0.3 is 0 Å². The van der Waals surface area contributed by atoms with Crippen LogP contribution in [0.25, 0.3) is 0 Å². The molecule has 1 amide bonds. The molecule has 1 N–H and O–H groups in total. The number of fused-ring (bicyclic) bond motifs is 3. The van der Waals surface area contributed by atoms with Crippen LogP contribution < -0.4 is 14.8 Å². The van der Waals surface area contributed by atoms with Gasteiger partial charge in [0.25, 0.3) is 5.91 Å². The van der Waals surface area contributed by atoms with Gasteiger partial charge in [-0.2, -0.15) is 0 Å². The molecule has 0 spiro atoms. The van der Waals surface area contributed by atoms with Crippen molar-refractivity contribution in [1.82, 2.24) is 10.2 Å². The maximum Gasteiger partial charge on any atom is 0.251 e. The highest BCUT2D eigenvalue weighted by molar-refractivity contribution is 5.94. The molecule has 0 atom stereocenters. The molecule has 3 aromatic carbocycles. The molecule has 0 aliphatic carbocycles. The Kier molecular flexibility index (Phi) is 9.40. The lowest BCUT2D eigenvalue weighted by atomic mass is 9.99. The van der Waals surface area contributed by atoms with E-state index in [4.69, 9.17) is 9.47 Å². The minimum atomic E-state index is -0.0861. The van der Waals surface area contributed by atoms with E-state index in [0.717, 1.165) is 61.5 Å². The predicted molar refractivity (Wildman–Crippen MR) is 145 cm³/mol. The Bertz CT molecular complexity index is 1130. The number of hydrogen-bond donors (Lipinski definition) is 1. The second-order valence-corrected chi connectivity index (χ2v) is 9.54. The molecule has 4 rings (SSSR count). The zero-order chi connectivity index (χ0) is 25.2. The SMILES string of the molecule is CCCN1CCCCCOc2ccc(C(=O)NCc3ccc(OC)cc3)cc2Cc2cccc(c2)C1. The number of nitrogens with zero attached hydrogens (tertiary/aromatic N) is 1. The number of ether oxygens (including phenoxy) is 2. The molecule has 0 unspecified atom stereocenters. The molecule has 36 heavy (non-hydrogen) atoms. The normalized spacial score (nSPS) is 14.7. The van der Waals surface area contributed by atoms with E-state index in [1.165, 1.54) is 24.0 Å². The predicted octanol–water partition coefficient (Wildman–Crippen LogP) is 5.99. The molecule has 0 fully saturated rings. The summed E-state index contributed by atoms with van der Waals surface area (Å²) in [6.07, 6.45) is 5.27. The van der Waals surface area contributed by atoms with Crippen molar-refractivity contribution in [3.63, 3.8) is 0 Å². The number of hydrogen-bond acceptors (Lipinski definition) is 4. The smallest absolute Gasteiger partial charge is 0.251 e.